The molecular formula is C16H22N2O3. The van der Waals surface area contributed by atoms with Crippen LogP contribution in [0.25, 0.3) is 0 Å². The number of hydrogen-bond donors (Lipinski definition) is 2. The molecule has 3 N–H and O–H groups in total. The van der Waals surface area contributed by atoms with Crippen molar-refractivity contribution in [3.05, 3.63) is 35.4 Å². The zero-order valence-electron chi connectivity index (χ0n) is 12.3. The second kappa shape index (κ2) is 6.72. The molecule has 1 heterocycles. The number of nitrogens with zero attached hydrogens (tertiary/aromatic N) is 1. The van der Waals surface area contributed by atoms with Gasteiger partial charge >= 0.3 is 5.97 Å². The van der Waals surface area contributed by atoms with Gasteiger partial charge in [0.05, 0.1) is 12.0 Å². The first-order chi connectivity index (χ1) is 10.0. The van der Waals surface area contributed by atoms with Crippen LogP contribution in [0.4, 0.5) is 0 Å². The molecule has 21 heavy (non-hydrogen) atoms. The third kappa shape index (κ3) is 3.42. The Morgan fingerprint density at radius 1 is 1.38 bits per heavy atom. The fraction of sp³-hybridized carbons (Fsp3) is 0.500. The number of nitrogens with two attached hydrogens (primary N) is 1. The van der Waals surface area contributed by atoms with Gasteiger partial charge in [-0.05, 0) is 30.4 Å². The maximum absolute atomic E-state index is 12.5. The number of carboxylic acid groups (broad SMARTS) is 1. The highest BCUT2D eigenvalue weighted by Crippen LogP contribution is 2.23. The monoisotopic (exact) mass is 290 g/mol. The minimum atomic E-state index is -0.999. The SMILES string of the molecule is CC1CCCN(C(=O)Cc2ccccc2C(=O)O)C1CN. The Morgan fingerprint density at radius 3 is 2.76 bits per heavy atom. The van der Waals surface area contributed by atoms with Gasteiger partial charge in [0.2, 0.25) is 5.91 Å². The van der Waals surface area contributed by atoms with Crippen LogP contribution in [0.1, 0.15) is 35.7 Å². The van der Waals surface area contributed by atoms with Crippen LogP contribution in [0.15, 0.2) is 24.3 Å². The maximum atomic E-state index is 12.5. The van der Waals surface area contributed by atoms with E-state index in [-0.39, 0.29) is 23.9 Å². The first kappa shape index (κ1) is 15.5. The standard InChI is InChI=1S/C16H22N2O3/c1-11-5-4-8-18(14(11)10-17)15(19)9-12-6-2-3-7-13(12)16(20)21/h2-3,6-7,11,14H,4-5,8-10,17H2,1H3,(H,20,21). The molecule has 114 valence electrons. The Hall–Kier alpha value is -1.88. The Bertz CT molecular complexity index is 530. The minimum Gasteiger partial charge on any atom is -0.478 e. The van der Waals surface area contributed by atoms with Gasteiger partial charge in [-0.3, -0.25) is 4.79 Å². The maximum Gasteiger partial charge on any atom is 0.335 e. The van der Waals surface area contributed by atoms with Crippen molar-refractivity contribution in [2.75, 3.05) is 13.1 Å². The predicted octanol–water partition coefficient (Wildman–Crippen LogP) is 1.51. The van der Waals surface area contributed by atoms with Gasteiger partial charge in [-0.1, -0.05) is 25.1 Å². The summed E-state index contributed by atoms with van der Waals surface area (Å²) in [5.41, 5.74) is 6.56. The summed E-state index contributed by atoms with van der Waals surface area (Å²) in [5, 5.41) is 9.18. The molecule has 0 saturated carbocycles. The summed E-state index contributed by atoms with van der Waals surface area (Å²) in [6.07, 6.45) is 2.17. The number of aromatic carboxylic acids is 1. The van der Waals surface area contributed by atoms with Gasteiger partial charge in [0, 0.05) is 19.1 Å². The van der Waals surface area contributed by atoms with E-state index in [0.29, 0.717) is 24.6 Å². The van der Waals surface area contributed by atoms with E-state index in [1.165, 1.54) is 6.07 Å². The molecule has 1 aliphatic heterocycles. The molecule has 0 aromatic heterocycles. The molecule has 0 aliphatic carbocycles. The average Bonchev–Trinajstić information content (AvgIpc) is 2.47. The van der Waals surface area contributed by atoms with Gasteiger partial charge in [0.25, 0.3) is 0 Å². The van der Waals surface area contributed by atoms with Crippen LogP contribution in [0.2, 0.25) is 0 Å². The number of carboxylic acids is 1. The van der Waals surface area contributed by atoms with Crippen molar-refractivity contribution in [3.8, 4) is 0 Å². The van der Waals surface area contributed by atoms with Crippen molar-refractivity contribution in [1.29, 1.82) is 0 Å². The smallest absolute Gasteiger partial charge is 0.335 e. The van der Waals surface area contributed by atoms with Crippen LogP contribution < -0.4 is 5.73 Å². The number of likely N-dealkylation sites (tertiary alicyclic amines) is 1. The van der Waals surface area contributed by atoms with E-state index >= 15 is 0 Å². The molecule has 1 amide bonds. The lowest BCUT2D eigenvalue weighted by molar-refractivity contribution is -0.135. The predicted molar refractivity (Wildman–Crippen MR) is 80.1 cm³/mol. The number of rotatable bonds is 4. The van der Waals surface area contributed by atoms with Crippen molar-refractivity contribution in [1.82, 2.24) is 4.90 Å². The van der Waals surface area contributed by atoms with Crippen LogP contribution in [-0.4, -0.2) is 41.0 Å². The molecule has 0 radical (unpaired) electrons. The lowest BCUT2D eigenvalue weighted by Crippen LogP contribution is -2.51. The number of amides is 1. The largest absolute Gasteiger partial charge is 0.478 e. The lowest BCUT2D eigenvalue weighted by atomic mass is 9.90. The summed E-state index contributed by atoms with van der Waals surface area (Å²) >= 11 is 0. The second-order valence-electron chi connectivity index (χ2n) is 5.65. The summed E-state index contributed by atoms with van der Waals surface area (Å²) < 4.78 is 0. The van der Waals surface area contributed by atoms with E-state index in [0.717, 1.165) is 12.8 Å². The second-order valence-corrected chi connectivity index (χ2v) is 5.65. The van der Waals surface area contributed by atoms with Crippen LogP contribution in [0, 0.1) is 5.92 Å². The number of hydrogen-bond acceptors (Lipinski definition) is 3. The van der Waals surface area contributed by atoms with Crippen LogP contribution in [0.5, 0.6) is 0 Å². The van der Waals surface area contributed by atoms with Gasteiger partial charge in [-0.15, -0.1) is 0 Å². The summed E-state index contributed by atoms with van der Waals surface area (Å²) in [7, 11) is 0. The van der Waals surface area contributed by atoms with E-state index in [1.54, 1.807) is 18.2 Å². The average molecular weight is 290 g/mol. The third-order valence-electron chi connectivity index (χ3n) is 4.27. The Labute approximate surface area is 124 Å². The number of piperidine rings is 1. The van der Waals surface area contributed by atoms with E-state index in [1.807, 2.05) is 4.90 Å². The third-order valence-corrected chi connectivity index (χ3v) is 4.27. The zero-order valence-corrected chi connectivity index (χ0v) is 12.3. The molecule has 2 atom stereocenters. The molecule has 2 unspecified atom stereocenters. The van der Waals surface area contributed by atoms with Crippen LogP contribution in [-0.2, 0) is 11.2 Å². The van der Waals surface area contributed by atoms with Crippen LogP contribution in [0.3, 0.4) is 0 Å². The van der Waals surface area contributed by atoms with Crippen LogP contribution >= 0.6 is 0 Å². The molecule has 0 bridgehead atoms. The number of carbonyl (C=O) groups excluding carboxylic acids is 1. The quantitative estimate of drug-likeness (QED) is 0.880. The molecule has 1 aromatic rings. The fourth-order valence-corrected chi connectivity index (χ4v) is 3.07. The molecule has 1 fully saturated rings. The molecule has 1 aromatic carbocycles. The minimum absolute atomic E-state index is 0.0364. The highest BCUT2D eigenvalue weighted by atomic mass is 16.4. The summed E-state index contributed by atoms with van der Waals surface area (Å²) in [6.45, 7) is 3.27. The van der Waals surface area contributed by atoms with Gasteiger partial charge in [0.15, 0.2) is 0 Å². The first-order valence-electron chi connectivity index (χ1n) is 7.35. The van der Waals surface area contributed by atoms with Gasteiger partial charge in [-0.2, -0.15) is 0 Å². The topological polar surface area (TPSA) is 83.6 Å². The Kier molecular flexibility index (Phi) is 4.96. The Morgan fingerprint density at radius 2 is 2.10 bits per heavy atom. The molecule has 2 rings (SSSR count). The highest BCUT2D eigenvalue weighted by Gasteiger charge is 2.31. The normalized spacial score (nSPS) is 22.1. The summed E-state index contributed by atoms with van der Waals surface area (Å²) in [4.78, 5) is 25.6. The van der Waals surface area contributed by atoms with Crippen molar-refractivity contribution in [2.24, 2.45) is 11.7 Å². The molecule has 0 spiro atoms. The summed E-state index contributed by atoms with van der Waals surface area (Å²) in [5.74, 6) is -0.645. The molecule has 1 aliphatic rings. The van der Waals surface area contributed by atoms with E-state index in [2.05, 4.69) is 6.92 Å². The van der Waals surface area contributed by atoms with Crippen molar-refractivity contribution in [2.45, 2.75) is 32.2 Å². The molecule has 5 nitrogen and oxygen atoms in total. The van der Waals surface area contributed by atoms with Crippen molar-refractivity contribution >= 4 is 11.9 Å². The van der Waals surface area contributed by atoms with Gasteiger partial charge in [-0.25, -0.2) is 4.79 Å². The van der Waals surface area contributed by atoms with Crippen molar-refractivity contribution in [3.63, 3.8) is 0 Å². The summed E-state index contributed by atoms with van der Waals surface area (Å²) in [6, 6.07) is 6.72. The molecule has 5 heteroatoms. The zero-order chi connectivity index (χ0) is 15.4. The van der Waals surface area contributed by atoms with E-state index in [4.69, 9.17) is 5.73 Å². The molecule has 1 saturated heterocycles. The van der Waals surface area contributed by atoms with Gasteiger partial charge in [0.1, 0.15) is 0 Å². The van der Waals surface area contributed by atoms with Gasteiger partial charge < -0.3 is 15.7 Å². The fourth-order valence-electron chi connectivity index (χ4n) is 3.07. The molecular weight excluding hydrogens is 268 g/mol. The number of carbonyl (C=O) groups is 2. The lowest BCUT2D eigenvalue weighted by Gasteiger charge is -2.39. The first-order valence-corrected chi connectivity index (χ1v) is 7.35. The van der Waals surface area contributed by atoms with E-state index < -0.39 is 5.97 Å². The van der Waals surface area contributed by atoms with Crippen molar-refractivity contribution < 1.29 is 14.7 Å². The number of benzene rings is 1. The van der Waals surface area contributed by atoms with E-state index in [9.17, 15) is 14.7 Å². The Balaban J connectivity index is 2.16. The highest BCUT2D eigenvalue weighted by molar-refractivity contribution is 5.91.